The number of aromatic nitrogens is 1. The van der Waals surface area contributed by atoms with Gasteiger partial charge in [0.2, 0.25) is 0 Å². The lowest BCUT2D eigenvalue weighted by atomic mass is 10.3. The van der Waals surface area contributed by atoms with Crippen molar-refractivity contribution >= 4 is 5.69 Å². The van der Waals surface area contributed by atoms with Crippen molar-refractivity contribution in [3.8, 4) is 0 Å². The molecule has 0 radical (unpaired) electrons. The van der Waals surface area contributed by atoms with Crippen LogP contribution in [-0.2, 0) is 6.54 Å². The number of rotatable bonds is 2. The van der Waals surface area contributed by atoms with Crippen LogP contribution in [0.4, 0.5) is 5.69 Å². The average molecular weight is 257 g/mol. The summed E-state index contributed by atoms with van der Waals surface area (Å²) in [6.45, 7) is 5.68. The highest BCUT2D eigenvalue weighted by Crippen LogP contribution is 2.17. The van der Waals surface area contributed by atoms with Gasteiger partial charge in [-0.2, -0.15) is 0 Å². The summed E-state index contributed by atoms with van der Waals surface area (Å²) in [7, 11) is 0. The summed E-state index contributed by atoms with van der Waals surface area (Å²) in [5, 5.41) is 0. The second-order valence-corrected chi connectivity index (χ2v) is 3.58. The zero-order chi connectivity index (χ0) is 9.10. The topological polar surface area (TPSA) is 7.12 Å². The molecule has 0 spiro atoms. The second kappa shape index (κ2) is 5.35. The molecule has 1 aromatic rings. The Bertz CT molecular complexity index is 265. The first-order valence-corrected chi connectivity index (χ1v) is 5.14. The molecule has 0 N–H and O–H groups in total. The molecule has 1 saturated heterocycles. The Balaban J connectivity index is 0.000000980. The van der Waals surface area contributed by atoms with Crippen molar-refractivity contribution < 1.29 is 21.5 Å². The summed E-state index contributed by atoms with van der Waals surface area (Å²) < 4.78 is 2.19. The van der Waals surface area contributed by atoms with E-state index in [-0.39, 0.29) is 17.0 Å². The number of hydrogen-bond donors (Lipinski definition) is 0. The van der Waals surface area contributed by atoms with Crippen LogP contribution in [0.25, 0.3) is 0 Å². The number of hydrogen-bond acceptors (Lipinski definition) is 1. The van der Waals surface area contributed by atoms with Crippen LogP contribution >= 0.6 is 0 Å². The lowest BCUT2D eigenvalue weighted by molar-refractivity contribution is -0.693. The first kappa shape index (κ1) is 11.5. The molecule has 0 bridgehead atoms. The van der Waals surface area contributed by atoms with E-state index in [1.54, 1.807) is 0 Å². The first-order valence-electron chi connectivity index (χ1n) is 5.14. The van der Waals surface area contributed by atoms with E-state index < -0.39 is 0 Å². The van der Waals surface area contributed by atoms with Gasteiger partial charge < -0.3 is 21.9 Å². The van der Waals surface area contributed by atoms with Gasteiger partial charge in [-0.1, -0.05) is 0 Å². The normalized spacial score (nSPS) is 15.4. The number of halogens is 1. The van der Waals surface area contributed by atoms with E-state index in [0.29, 0.717) is 0 Å². The monoisotopic (exact) mass is 256 g/mol. The predicted molar refractivity (Wildman–Crippen MR) is 53.8 cm³/mol. The maximum Gasteiger partial charge on any atom is 0.170 e. The molecule has 2 nitrogen and oxygen atoms in total. The highest BCUT2D eigenvalue weighted by molar-refractivity contribution is 5.44. The standard InChI is InChI=1S/C11H17N2.BrH/c1-2-12-9-5-11(6-10-12)13-7-3-4-8-13;/h5-6,9-10H,2-4,7-8H2,1H3;1H/q+1;/p-1. The van der Waals surface area contributed by atoms with Gasteiger partial charge in [-0.15, -0.1) is 0 Å². The van der Waals surface area contributed by atoms with Crippen LogP contribution < -0.4 is 26.4 Å². The molecule has 1 aliphatic rings. The fraction of sp³-hybridized carbons (Fsp3) is 0.545. The van der Waals surface area contributed by atoms with Crippen molar-refractivity contribution in [2.45, 2.75) is 26.3 Å². The van der Waals surface area contributed by atoms with Gasteiger partial charge >= 0.3 is 0 Å². The van der Waals surface area contributed by atoms with Crippen molar-refractivity contribution in [2.24, 2.45) is 0 Å². The molecule has 2 heterocycles. The molecule has 1 aliphatic heterocycles. The third-order valence-electron chi connectivity index (χ3n) is 2.71. The summed E-state index contributed by atoms with van der Waals surface area (Å²) in [4.78, 5) is 2.46. The zero-order valence-electron chi connectivity index (χ0n) is 8.62. The van der Waals surface area contributed by atoms with E-state index in [0.717, 1.165) is 6.54 Å². The fourth-order valence-corrected chi connectivity index (χ4v) is 1.85. The Morgan fingerprint density at radius 1 is 1.21 bits per heavy atom. The van der Waals surface area contributed by atoms with Crippen LogP contribution in [0.5, 0.6) is 0 Å². The van der Waals surface area contributed by atoms with Gasteiger partial charge in [-0.05, 0) is 19.8 Å². The molecule has 2 rings (SSSR count). The molecule has 78 valence electrons. The molecular weight excluding hydrogens is 240 g/mol. The van der Waals surface area contributed by atoms with E-state index in [1.807, 2.05) is 0 Å². The van der Waals surface area contributed by atoms with Crippen LogP contribution in [0, 0.1) is 0 Å². The Morgan fingerprint density at radius 2 is 1.79 bits per heavy atom. The summed E-state index contributed by atoms with van der Waals surface area (Å²) in [5.74, 6) is 0. The van der Waals surface area contributed by atoms with Gasteiger partial charge in [0.05, 0.1) is 0 Å². The molecule has 0 unspecified atom stereocenters. The predicted octanol–water partition coefficient (Wildman–Crippen LogP) is -1.40. The Hall–Kier alpha value is -0.570. The minimum atomic E-state index is 0. The van der Waals surface area contributed by atoms with Crippen molar-refractivity contribution in [2.75, 3.05) is 18.0 Å². The van der Waals surface area contributed by atoms with E-state index in [4.69, 9.17) is 0 Å². The minimum Gasteiger partial charge on any atom is -1.00 e. The molecule has 0 amide bonds. The van der Waals surface area contributed by atoms with Gasteiger partial charge in [0, 0.05) is 30.9 Å². The van der Waals surface area contributed by atoms with Crippen LogP contribution in [0.1, 0.15) is 19.8 Å². The Kier molecular flexibility index (Phi) is 4.39. The molecule has 1 fully saturated rings. The maximum atomic E-state index is 2.46. The van der Waals surface area contributed by atoms with E-state index in [2.05, 4.69) is 40.9 Å². The number of nitrogens with zero attached hydrogens (tertiary/aromatic N) is 2. The highest BCUT2D eigenvalue weighted by atomic mass is 79.9. The lowest BCUT2D eigenvalue weighted by Gasteiger charge is -2.15. The summed E-state index contributed by atoms with van der Waals surface area (Å²) >= 11 is 0. The van der Waals surface area contributed by atoms with Crippen molar-refractivity contribution in [1.29, 1.82) is 0 Å². The maximum absolute atomic E-state index is 2.46. The summed E-state index contributed by atoms with van der Waals surface area (Å²) in [6, 6.07) is 4.43. The lowest BCUT2D eigenvalue weighted by Crippen LogP contribution is -3.00. The van der Waals surface area contributed by atoms with Gasteiger partial charge in [0.1, 0.15) is 6.54 Å². The molecule has 0 aromatic carbocycles. The Morgan fingerprint density at radius 3 is 2.29 bits per heavy atom. The average Bonchev–Trinajstić information content (AvgIpc) is 2.71. The smallest absolute Gasteiger partial charge is 0.170 e. The number of aryl methyl sites for hydroxylation is 1. The number of pyridine rings is 1. The quantitative estimate of drug-likeness (QED) is 0.591. The van der Waals surface area contributed by atoms with Crippen LogP contribution in [0.15, 0.2) is 24.5 Å². The molecule has 1 aromatic heterocycles. The van der Waals surface area contributed by atoms with Gasteiger partial charge in [0.15, 0.2) is 12.4 Å². The highest BCUT2D eigenvalue weighted by Gasteiger charge is 2.12. The summed E-state index contributed by atoms with van der Waals surface area (Å²) in [5.41, 5.74) is 1.38. The first-order chi connectivity index (χ1) is 6.40. The third-order valence-corrected chi connectivity index (χ3v) is 2.71. The van der Waals surface area contributed by atoms with Gasteiger partial charge in [-0.3, -0.25) is 0 Å². The van der Waals surface area contributed by atoms with Crippen molar-refractivity contribution in [3.05, 3.63) is 24.5 Å². The zero-order valence-corrected chi connectivity index (χ0v) is 10.2. The molecule has 3 heteroatoms. The fourth-order valence-electron chi connectivity index (χ4n) is 1.85. The molecule has 0 atom stereocenters. The largest absolute Gasteiger partial charge is 1.00 e. The molecular formula is C11H17BrN2. The molecule has 0 aliphatic carbocycles. The SMILES string of the molecule is CC[n+]1ccc(N2CCCC2)cc1.[Br-]. The van der Waals surface area contributed by atoms with Crippen LogP contribution in [-0.4, -0.2) is 13.1 Å². The van der Waals surface area contributed by atoms with Crippen LogP contribution in [0.3, 0.4) is 0 Å². The van der Waals surface area contributed by atoms with E-state index >= 15 is 0 Å². The number of anilines is 1. The van der Waals surface area contributed by atoms with Crippen molar-refractivity contribution in [3.63, 3.8) is 0 Å². The second-order valence-electron chi connectivity index (χ2n) is 3.58. The minimum absolute atomic E-state index is 0. The van der Waals surface area contributed by atoms with Crippen molar-refractivity contribution in [1.82, 2.24) is 0 Å². The summed E-state index contributed by atoms with van der Waals surface area (Å²) in [6.07, 6.45) is 7.02. The van der Waals surface area contributed by atoms with Crippen LogP contribution in [0.2, 0.25) is 0 Å². The van der Waals surface area contributed by atoms with Gasteiger partial charge in [-0.25, -0.2) is 4.57 Å². The third kappa shape index (κ3) is 2.47. The molecule has 0 saturated carbocycles. The van der Waals surface area contributed by atoms with E-state index in [9.17, 15) is 0 Å². The molecule has 14 heavy (non-hydrogen) atoms. The van der Waals surface area contributed by atoms with Gasteiger partial charge in [0.25, 0.3) is 0 Å². The Labute approximate surface area is 96.3 Å². The van der Waals surface area contributed by atoms with E-state index in [1.165, 1.54) is 31.6 Å².